The summed E-state index contributed by atoms with van der Waals surface area (Å²) in [5.74, 6) is -0.0302. The molecule has 5 nitrogen and oxygen atoms in total. The summed E-state index contributed by atoms with van der Waals surface area (Å²) in [4.78, 5) is 17.1. The minimum atomic E-state index is -0.0302. The summed E-state index contributed by atoms with van der Waals surface area (Å²) in [6.07, 6.45) is 3.50. The van der Waals surface area contributed by atoms with Gasteiger partial charge in [-0.3, -0.25) is 9.89 Å². The number of H-pyrrole nitrogens is 2. The average Bonchev–Trinajstić information content (AvgIpc) is 3.05. The van der Waals surface area contributed by atoms with Gasteiger partial charge in [0.25, 0.3) is 5.91 Å². The van der Waals surface area contributed by atoms with E-state index in [-0.39, 0.29) is 5.91 Å². The van der Waals surface area contributed by atoms with Gasteiger partial charge >= 0.3 is 0 Å². The van der Waals surface area contributed by atoms with E-state index in [0.29, 0.717) is 12.2 Å². The van der Waals surface area contributed by atoms with Crippen molar-refractivity contribution < 1.29 is 4.79 Å². The number of carbonyl (C=O) groups excluding carboxylic acids is 1. The largest absolute Gasteiger partial charge is 0.351 e. The molecule has 96 valence electrons. The number of hydrogen-bond acceptors (Lipinski definition) is 2. The topological polar surface area (TPSA) is 64.8 Å². The highest BCUT2D eigenvalue weighted by molar-refractivity contribution is 5.97. The molecule has 0 aliphatic carbocycles. The van der Waals surface area contributed by atoms with Gasteiger partial charge in [0.1, 0.15) is 5.69 Å². The van der Waals surface area contributed by atoms with Crippen molar-refractivity contribution in [1.82, 2.24) is 20.1 Å². The fourth-order valence-electron chi connectivity index (χ4n) is 2.10. The molecule has 0 aliphatic heterocycles. The molecule has 19 heavy (non-hydrogen) atoms. The maximum atomic E-state index is 12.3. The highest BCUT2D eigenvalue weighted by Gasteiger charge is 2.14. The molecule has 0 radical (unpaired) electrons. The summed E-state index contributed by atoms with van der Waals surface area (Å²) in [5, 5.41) is 7.65. The molecule has 1 aromatic carbocycles. The molecular formula is C14H14N4O. The summed E-state index contributed by atoms with van der Waals surface area (Å²) in [7, 11) is 1.78. The Balaban J connectivity index is 1.82. The number of hydrogen-bond donors (Lipinski definition) is 2. The third-order valence-corrected chi connectivity index (χ3v) is 3.08. The van der Waals surface area contributed by atoms with Gasteiger partial charge in [0.15, 0.2) is 0 Å². The van der Waals surface area contributed by atoms with E-state index in [9.17, 15) is 4.79 Å². The smallest absolute Gasteiger partial charge is 0.270 e. The van der Waals surface area contributed by atoms with Crippen molar-refractivity contribution in [3.8, 4) is 0 Å². The van der Waals surface area contributed by atoms with Crippen LogP contribution in [-0.2, 0) is 6.54 Å². The van der Waals surface area contributed by atoms with Crippen molar-refractivity contribution in [3.05, 3.63) is 54.0 Å². The van der Waals surface area contributed by atoms with Crippen molar-refractivity contribution in [2.45, 2.75) is 6.54 Å². The molecule has 0 unspecified atom stereocenters. The molecule has 0 fully saturated rings. The van der Waals surface area contributed by atoms with E-state index < -0.39 is 0 Å². The van der Waals surface area contributed by atoms with Gasteiger partial charge in [-0.25, -0.2) is 0 Å². The third kappa shape index (κ3) is 2.22. The molecule has 0 spiro atoms. The van der Waals surface area contributed by atoms with Crippen molar-refractivity contribution in [1.29, 1.82) is 0 Å². The molecule has 3 rings (SSSR count). The lowest BCUT2D eigenvalue weighted by molar-refractivity contribution is 0.0780. The second-order valence-corrected chi connectivity index (χ2v) is 4.54. The molecule has 0 bridgehead atoms. The summed E-state index contributed by atoms with van der Waals surface area (Å²) >= 11 is 0. The van der Waals surface area contributed by atoms with Crippen LogP contribution in [0.5, 0.6) is 0 Å². The molecule has 1 amide bonds. The molecule has 0 saturated heterocycles. The second-order valence-electron chi connectivity index (χ2n) is 4.54. The first-order chi connectivity index (χ1) is 9.24. The first kappa shape index (κ1) is 11.5. The summed E-state index contributed by atoms with van der Waals surface area (Å²) in [6.45, 7) is 0.532. The van der Waals surface area contributed by atoms with Gasteiger partial charge in [0.05, 0.1) is 6.20 Å². The second kappa shape index (κ2) is 4.61. The van der Waals surface area contributed by atoms with Crippen LogP contribution in [0.25, 0.3) is 10.9 Å². The lowest BCUT2D eigenvalue weighted by Gasteiger charge is -2.14. The lowest BCUT2D eigenvalue weighted by atomic mass is 10.2. The van der Waals surface area contributed by atoms with E-state index in [4.69, 9.17) is 0 Å². The number of amides is 1. The Kier molecular flexibility index (Phi) is 2.79. The van der Waals surface area contributed by atoms with Crippen LogP contribution in [0.1, 0.15) is 16.1 Å². The first-order valence-electron chi connectivity index (χ1n) is 6.05. The van der Waals surface area contributed by atoms with Crippen molar-refractivity contribution >= 4 is 16.8 Å². The van der Waals surface area contributed by atoms with E-state index in [1.165, 1.54) is 0 Å². The normalized spacial score (nSPS) is 10.8. The number of para-hydroxylation sites is 1. The molecule has 0 aliphatic rings. The molecule has 0 saturated carbocycles. The highest BCUT2D eigenvalue weighted by atomic mass is 16.2. The molecular weight excluding hydrogens is 240 g/mol. The predicted molar refractivity (Wildman–Crippen MR) is 72.7 cm³/mol. The fraction of sp³-hybridized carbons (Fsp3) is 0.143. The summed E-state index contributed by atoms with van der Waals surface area (Å²) in [6, 6.07) is 9.73. The fourth-order valence-corrected chi connectivity index (χ4v) is 2.10. The molecule has 0 atom stereocenters. The zero-order chi connectivity index (χ0) is 13.2. The number of rotatable bonds is 3. The number of fused-ring (bicyclic) bond motifs is 1. The summed E-state index contributed by atoms with van der Waals surface area (Å²) < 4.78 is 0. The number of aromatic nitrogens is 3. The molecule has 3 aromatic rings. The number of nitrogens with zero attached hydrogens (tertiary/aromatic N) is 2. The van der Waals surface area contributed by atoms with Crippen LogP contribution in [-0.4, -0.2) is 33.0 Å². The summed E-state index contributed by atoms with van der Waals surface area (Å²) in [5.41, 5.74) is 2.56. The van der Waals surface area contributed by atoms with Gasteiger partial charge in [-0.05, 0) is 12.1 Å². The van der Waals surface area contributed by atoms with Crippen molar-refractivity contribution in [2.24, 2.45) is 0 Å². The van der Waals surface area contributed by atoms with Gasteiger partial charge in [0, 0.05) is 36.3 Å². The Hall–Kier alpha value is -2.56. The minimum Gasteiger partial charge on any atom is -0.351 e. The number of nitrogens with one attached hydrogen (secondary N) is 2. The molecule has 2 N–H and O–H groups in total. The minimum absolute atomic E-state index is 0.0302. The van der Waals surface area contributed by atoms with Gasteiger partial charge < -0.3 is 9.88 Å². The third-order valence-electron chi connectivity index (χ3n) is 3.08. The maximum Gasteiger partial charge on any atom is 0.270 e. The van der Waals surface area contributed by atoms with Crippen LogP contribution in [0.4, 0.5) is 0 Å². The number of carbonyl (C=O) groups is 1. The quantitative estimate of drug-likeness (QED) is 0.752. The van der Waals surface area contributed by atoms with Crippen LogP contribution >= 0.6 is 0 Å². The van der Waals surface area contributed by atoms with Crippen LogP contribution in [0, 0.1) is 0 Å². The average molecular weight is 254 g/mol. The van der Waals surface area contributed by atoms with Crippen molar-refractivity contribution in [2.75, 3.05) is 7.05 Å². The first-order valence-corrected chi connectivity index (χ1v) is 6.05. The van der Waals surface area contributed by atoms with E-state index >= 15 is 0 Å². The Labute approximate surface area is 110 Å². The monoisotopic (exact) mass is 254 g/mol. The Morgan fingerprint density at radius 2 is 2.21 bits per heavy atom. The molecule has 2 heterocycles. The Bertz CT molecular complexity index is 666. The van der Waals surface area contributed by atoms with Crippen LogP contribution < -0.4 is 0 Å². The number of benzene rings is 1. The van der Waals surface area contributed by atoms with Crippen molar-refractivity contribution in [3.63, 3.8) is 0 Å². The maximum absolute atomic E-state index is 12.3. The molecule has 2 aromatic heterocycles. The highest BCUT2D eigenvalue weighted by Crippen LogP contribution is 2.16. The Morgan fingerprint density at radius 3 is 2.95 bits per heavy atom. The van der Waals surface area contributed by atoms with E-state index in [2.05, 4.69) is 15.2 Å². The van der Waals surface area contributed by atoms with E-state index in [1.807, 2.05) is 30.3 Å². The van der Waals surface area contributed by atoms with E-state index in [1.54, 1.807) is 24.3 Å². The number of aromatic amines is 2. The Morgan fingerprint density at radius 1 is 1.37 bits per heavy atom. The predicted octanol–water partition coefficient (Wildman–Crippen LogP) is 2.16. The SMILES string of the molecule is CN(Cc1cn[nH]c1)C(=O)c1cc2ccccc2[nH]1. The molecule has 5 heteroatoms. The van der Waals surface area contributed by atoms with Gasteiger partial charge in [0.2, 0.25) is 0 Å². The zero-order valence-corrected chi connectivity index (χ0v) is 10.6. The van der Waals surface area contributed by atoms with Gasteiger partial charge in [-0.15, -0.1) is 0 Å². The van der Waals surface area contributed by atoms with Crippen LogP contribution in [0.2, 0.25) is 0 Å². The van der Waals surface area contributed by atoms with Crippen LogP contribution in [0.15, 0.2) is 42.7 Å². The van der Waals surface area contributed by atoms with Gasteiger partial charge in [-0.1, -0.05) is 18.2 Å². The zero-order valence-electron chi connectivity index (χ0n) is 10.6. The van der Waals surface area contributed by atoms with E-state index in [0.717, 1.165) is 16.5 Å². The van der Waals surface area contributed by atoms with Crippen LogP contribution in [0.3, 0.4) is 0 Å². The lowest BCUT2D eigenvalue weighted by Crippen LogP contribution is -2.26. The van der Waals surface area contributed by atoms with Gasteiger partial charge in [-0.2, -0.15) is 5.10 Å². The standard InChI is InChI=1S/C14H14N4O/c1-18(9-10-7-15-16-8-10)14(19)13-6-11-4-2-3-5-12(11)17-13/h2-8,17H,9H2,1H3,(H,15,16).